The molecule has 0 saturated heterocycles. The van der Waals surface area contributed by atoms with Crippen molar-refractivity contribution < 1.29 is 9.47 Å². The SMILES string of the molecule is CCCCN(CCOCC)CCOCC. The monoisotopic (exact) mass is 217 g/mol. The van der Waals surface area contributed by atoms with E-state index >= 15 is 0 Å². The fraction of sp³-hybridized carbons (Fsp3) is 1.00. The lowest BCUT2D eigenvalue weighted by Gasteiger charge is -2.21. The number of rotatable bonds is 11. The molecule has 0 saturated carbocycles. The van der Waals surface area contributed by atoms with E-state index in [1.165, 1.54) is 12.8 Å². The fourth-order valence-corrected chi connectivity index (χ4v) is 1.39. The Morgan fingerprint density at radius 3 is 1.73 bits per heavy atom. The van der Waals surface area contributed by atoms with Crippen LogP contribution in [0.25, 0.3) is 0 Å². The Bertz CT molecular complexity index is 110. The Balaban J connectivity index is 3.53. The molecule has 0 aromatic carbocycles. The van der Waals surface area contributed by atoms with E-state index in [1.54, 1.807) is 0 Å². The van der Waals surface area contributed by atoms with Crippen LogP contribution in [0.15, 0.2) is 0 Å². The summed E-state index contributed by atoms with van der Waals surface area (Å²) in [6.07, 6.45) is 2.51. The minimum Gasteiger partial charge on any atom is -0.380 e. The van der Waals surface area contributed by atoms with Gasteiger partial charge in [0.05, 0.1) is 13.2 Å². The van der Waals surface area contributed by atoms with Gasteiger partial charge in [-0.2, -0.15) is 0 Å². The number of hydrogen-bond acceptors (Lipinski definition) is 3. The molecular formula is C12H27NO2. The zero-order chi connectivity index (χ0) is 11.4. The zero-order valence-electron chi connectivity index (χ0n) is 10.6. The van der Waals surface area contributed by atoms with Crippen LogP contribution in [-0.4, -0.2) is 51.0 Å². The van der Waals surface area contributed by atoms with Gasteiger partial charge in [-0.05, 0) is 26.8 Å². The van der Waals surface area contributed by atoms with Gasteiger partial charge < -0.3 is 9.47 Å². The first-order valence-corrected chi connectivity index (χ1v) is 6.22. The molecule has 0 N–H and O–H groups in total. The Hall–Kier alpha value is -0.120. The average molecular weight is 217 g/mol. The molecule has 92 valence electrons. The predicted octanol–water partition coefficient (Wildman–Crippen LogP) is 2.16. The van der Waals surface area contributed by atoms with E-state index < -0.39 is 0 Å². The largest absolute Gasteiger partial charge is 0.380 e. The maximum Gasteiger partial charge on any atom is 0.0593 e. The summed E-state index contributed by atoms with van der Waals surface area (Å²) >= 11 is 0. The summed E-state index contributed by atoms with van der Waals surface area (Å²) in [5, 5.41) is 0. The second kappa shape index (κ2) is 12.0. The van der Waals surface area contributed by atoms with Crippen molar-refractivity contribution in [1.29, 1.82) is 0 Å². The number of unbranched alkanes of at least 4 members (excludes halogenated alkanes) is 1. The normalized spacial score (nSPS) is 11.2. The van der Waals surface area contributed by atoms with Gasteiger partial charge in [-0.25, -0.2) is 0 Å². The van der Waals surface area contributed by atoms with Crippen molar-refractivity contribution in [3.63, 3.8) is 0 Å². The van der Waals surface area contributed by atoms with Crippen LogP contribution in [0.5, 0.6) is 0 Å². The van der Waals surface area contributed by atoms with E-state index in [0.29, 0.717) is 0 Å². The summed E-state index contributed by atoms with van der Waals surface area (Å²) in [4.78, 5) is 2.43. The van der Waals surface area contributed by atoms with E-state index in [-0.39, 0.29) is 0 Å². The van der Waals surface area contributed by atoms with Gasteiger partial charge in [-0.3, -0.25) is 4.90 Å². The standard InChI is InChI=1S/C12H27NO2/c1-4-7-8-13(9-11-14-5-2)10-12-15-6-3/h4-12H2,1-3H3. The average Bonchev–Trinajstić information content (AvgIpc) is 2.25. The first-order chi connectivity index (χ1) is 7.35. The van der Waals surface area contributed by atoms with Crippen molar-refractivity contribution in [2.24, 2.45) is 0 Å². The van der Waals surface area contributed by atoms with Crippen LogP contribution in [0.3, 0.4) is 0 Å². The molecule has 0 radical (unpaired) electrons. The molecule has 0 heterocycles. The van der Waals surface area contributed by atoms with Crippen molar-refractivity contribution in [3.05, 3.63) is 0 Å². The number of ether oxygens (including phenoxy) is 2. The molecule has 0 aromatic rings. The van der Waals surface area contributed by atoms with Crippen LogP contribution in [0.4, 0.5) is 0 Å². The van der Waals surface area contributed by atoms with E-state index in [4.69, 9.17) is 9.47 Å². The van der Waals surface area contributed by atoms with Gasteiger partial charge in [0.25, 0.3) is 0 Å². The van der Waals surface area contributed by atoms with Crippen molar-refractivity contribution >= 4 is 0 Å². The van der Waals surface area contributed by atoms with Crippen LogP contribution in [0, 0.1) is 0 Å². The quantitative estimate of drug-likeness (QED) is 0.495. The van der Waals surface area contributed by atoms with Crippen LogP contribution in [0.2, 0.25) is 0 Å². The van der Waals surface area contributed by atoms with Crippen LogP contribution >= 0.6 is 0 Å². The maximum absolute atomic E-state index is 5.37. The molecule has 0 aliphatic rings. The molecule has 0 aliphatic heterocycles. The van der Waals surface area contributed by atoms with Gasteiger partial charge in [-0.1, -0.05) is 13.3 Å². The van der Waals surface area contributed by atoms with E-state index in [9.17, 15) is 0 Å². The summed E-state index contributed by atoms with van der Waals surface area (Å²) in [6.45, 7) is 12.8. The summed E-state index contributed by atoms with van der Waals surface area (Å²) < 4.78 is 10.7. The van der Waals surface area contributed by atoms with Gasteiger partial charge in [0, 0.05) is 26.3 Å². The lowest BCUT2D eigenvalue weighted by Crippen LogP contribution is -2.32. The molecule has 0 spiro atoms. The Labute approximate surface area is 94.7 Å². The second-order valence-electron chi connectivity index (χ2n) is 3.59. The third kappa shape index (κ3) is 10.2. The molecule has 0 aromatic heterocycles. The van der Waals surface area contributed by atoms with E-state index in [0.717, 1.165) is 46.1 Å². The third-order valence-electron chi connectivity index (χ3n) is 2.34. The summed E-state index contributed by atoms with van der Waals surface area (Å²) in [6, 6.07) is 0. The van der Waals surface area contributed by atoms with Crippen molar-refractivity contribution in [1.82, 2.24) is 4.90 Å². The Morgan fingerprint density at radius 1 is 0.800 bits per heavy atom. The van der Waals surface area contributed by atoms with Gasteiger partial charge in [-0.15, -0.1) is 0 Å². The first kappa shape index (κ1) is 14.9. The molecule has 0 fully saturated rings. The summed E-state index contributed by atoms with van der Waals surface area (Å²) in [5.74, 6) is 0. The van der Waals surface area contributed by atoms with E-state index in [1.807, 2.05) is 13.8 Å². The topological polar surface area (TPSA) is 21.7 Å². The minimum atomic E-state index is 0.813. The fourth-order valence-electron chi connectivity index (χ4n) is 1.39. The highest BCUT2D eigenvalue weighted by molar-refractivity contribution is 4.56. The molecule has 15 heavy (non-hydrogen) atoms. The predicted molar refractivity (Wildman–Crippen MR) is 64.3 cm³/mol. The van der Waals surface area contributed by atoms with Crippen LogP contribution in [0.1, 0.15) is 33.6 Å². The first-order valence-electron chi connectivity index (χ1n) is 6.22. The molecular weight excluding hydrogens is 190 g/mol. The molecule has 0 rings (SSSR count). The maximum atomic E-state index is 5.37. The lowest BCUT2D eigenvalue weighted by atomic mass is 10.3. The zero-order valence-corrected chi connectivity index (χ0v) is 10.6. The molecule has 0 amide bonds. The molecule has 0 aliphatic carbocycles. The van der Waals surface area contributed by atoms with Crippen LogP contribution < -0.4 is 0 Å². The minimum absolute atomic E-state index is 0.813. The molecule has 3 heteroatoms. The molecule has 3 nitrogen and oxygen atoms in total. The molecule has 0 atom stereocenters. The van der Waals surface area contributed by atoms with Crippen molar-refractivity contribution in [2.45, 2.75) is 33.6 Å². The van der Waals surface area contributed by atoms with Gasteiger partial charge in [0.15, 0.2) is 0 Å². The highest BCUT2D eigenvalue weighted by Gasteiger charge is 2.03. The van der Waals surface area contributed by atoms with Gasteiger partial charge in [0.2, 0.25) is 0 Å². The molecule has 0 bridgehead atoms. The third-order valence-corrected chi connectivity index (χ3v) is 2.34. The van der Waals surface area contributed by atoms with Gasteiger partial charge in [0.1, 0.15) is 0 Å². The van der Waals surface area contributed by atoms with Crippen LogP contribution in [-0.2, 0) is 9.47 Å². The van der Waals surface area contributed by atoms with Crippen molar-refractivity contribution in [2.75, 3.05) is 46.1 Å². The van der Waals surface area contributed by atoms with E-state index in [2.05, 4.69) is 11.8 Å². The summed E-state index contributed by atoms with van der Waals surface area (Å²) in [5.41, 5.74) is 0. The number of hydrogen-bond donors (Lipinski definition) is 0. The Morgan fingerprint density at radius 2 is 1.33 bits per heavy atom. The van der Waals surface area contributed by atoms with Gasteiger partial charge >= 0.3 is 0 Å². The number of nitrogens with zero attached hydrogens (tertiary/aromatic N) is 1. The Kier molecular flexibility index (Phi) is 11.9. The highest BCUT2D eigenvalue weighted by atomic mass is 16.5. The second-order valence-corrected chi connectivity index (χ2v) is 3.59. The highest BCUT2D eigenvalue weighted by Crippen LogP contribution is 1.95. The van der Waals surface area contributed by atoms with Crippen molar-refractivity contribution in [3.8, 4) is 0 Å². The lowest BCUT2D eigenvalue weighted by molar-refractivity contribution is 0.0822. The summed E-state index contributed by atoms with van der Waals surface area (Å²) in [7, 11) is 0. The smallest absolute Gasteiger partial charge is 0.0593 e. The molecule has 0 unspecified atom stereocenters.